The molecule has 138 valence electrons. The van der Waals surface area contributed by atoms with E-state index in [1.807, 2.05) is 6.92 Å². The van der Waals surface area contributed by atoms with Gasteiger partial charge in [-0.15, -0.1) is 0 Å². The predicted molar refractivity (Wildman–Crippen MR) is 99.3 cm³/mol. The normalized spacial score (nSPS) is 12.3. The number of amidine groups is 1. The number of carbonyl (C=O) groups is 1. The van der Waals surface area contributed by atoms with Gasteiger partial charge in [0.1, 0.15) is 5.84 Å². The molecule has 0 saturated carbocycles. The number of sulfone groups is 1. The number of hydrogen-bond donors (Lipinski definition) is 4. The Morgan fingerprint density at radius 2 is 1.62 bits per heavy atom. The number of carboxylic acid groups (broad SMARTS) is 1. The summed E-state index contributed by atoms with van der Waals surface area (Å²) in [6.07, 6.45) is 0.536. The van der Waals surface area contributed by atoms with Crippen LogP contribution >= 0.6 is 0 Å². The standard InChI is InChI=1S/C18H21N3O4S/c1-12(2-11-17(22)23)21-14-5-9-16(10-6-14)26(24,25)15-7-3-13(4-8-15)18(19)20/h3-10,12,21H,2,11H2,1H3,(H3,19,20)(H,22,23). The fourth-order valence-electron chi connectivity index (χ4n) is 2.38. The minimum absolute atomic E-state index is 0.0484. The van der Waals surface area contributed by atoms with Crippen molar-refractivity contribution in [2.75, 3.05) is 5.32 Å². The molecule has 0 saturated heterocycles. The van der Waals surface area contributed by atoms with E-state index < -0.39 is 15.8 Å². The van der Waals surface area contributed by atoms with E-state index in [1.165, 1.54) is 36.4 Å². The van der Waals surface area contributed by atoms with Crippen molar-refractivity contribution in [2.24, 2.45) is 5.73 Å². The third-order valence-corrected chi connectivity index (χ3v) is 5.63. The molecule has 0 aliphatic carbocycles. The summed E-state index contributed by atoms with van der Waals surface area (Å²) >= 11 is 0. The molecule has 0 radical (unpaired) electrons. The fourth-order valence-corrected chi connectivity index (χ4v) is 3.64. The number of nitrogens with one attached hydrogen (secondary N) is 2. The number of nitrogen functional groups attached to an aromatic ring is 1. The molecule has 0 aromatic heterocycles. The number of benzene rings is 2. The number of aliphatic carboxylic acids is 1. The molecule has 0 bridgehead atoms. The van der Waals surface area contributed by atoms with E-state index in [1.54, 1.807) is 12.1 Å². The third kappa shape index (κ3) is 4.82. The molecular formula is C18H21N3O4S. The van der Waals surface area contributed by atoms with Crippen LogP contribution in [0, 0.1) is 5.41 Å². The predicted octanol–water partition coefficient (Wildman–Crippen LogP) is 2.47. The van der Waals surface area contributed by atoms with Crippen molar-refractivity contribution in [3.05, 3.63) is 54.1 Å². The second-order valence-electron chi connectivity index (χ2n) is 5.94. The maximum Gasteiger partial charge on any atom is 0.303 e. The van der Waals surface area contributed by atoms with Gasteiger partial charge in [0.05, 0.1) is 9.79 Å². The molecule has 2 aromatic carbocycles. The summed E-state index contributed by atoms with van der Waals surface area (Å²) < 4.78 is 25.3. The van der Waals surface area contributed by atoms with Crippen LogP contribution in [0.3, 0.4) is 0 Å². The SMILES string of the molecule is CC(CCC(=O)O)Nc1ccc(S(=O)(=O)c2ccc(C(=N)N)cc2)cc1. The Balaban J connectivity index is 2.13. The summed E-state index contributed by atoms with van der Waals surface area (Å²) in [5.41, 5.74) is 6.55. The first-order valence-corrected chi connectivity index (χ1v) is 9.46. The van der Waals surface area contributed by atoms with Crippen molar-refractivity contribution in [3.63, 3.8) is 0 Å². The van der Waals surface area contributed by atoms with Crippen molar-refractivity contribution in [1.29, 1.82) is 5.41 Å². The van der Waals surface area contributed by atoms with Crippen LogP contribution in [0.15, 0.2) is 58.3 Å². The fraction of sp³-hybridized carbons (Fsp3) is 0.222. The monoisotopic (exact) mass is 375 g/mol. The van der Waals surface area contributed by atoms with E-state index >= 15 is 0 Å². The Hall–Kier alpha value is -2.87. The van der Waals surface area contributed by atoms with Crippen molar-refractivity contribution in [3.8, 4) is 0 Å². The summed E-state index contributed by atoms with van der Waals surface area (Å²) in [5, 5.41) is 19.2. The molecule has 1 atom stereocenters. The molecule has 0 amide bonds. The highest BCUT2D eigenvalue weighted by atomic mass is 32.2. The first-order chi connectivity index (χ1) is 12.2. The Morgan fingerprint density at radius 1 is 1.12 bits per heavy atom. The molecule has 0 fully saturated rings. The third-order valence-electron chi connectivity index (χ3n) is 3.84. The van der Waals surface area contributed by atoms with Crippen molar-refractivity contribution < 1.29 is 18.3 Å². The van der Waals surface area contributed by atoms with E-state index in [4.69, 9.17) is 16.2 Å². The summed E-state index contributed by atoms with van der Waals surface area (Å²) in [7, 11) is -3.66. The van der Waals surface area contributed by atoms with Gasteiger partial charge >= 0.3 is 5.97 Å². The smallest absolute Gasteiger partial charge is 0.303 e. The molecule has 7 nitrogen and oxygen atoms in total. The van der Waals surface area contributed by atoms with Crippen molar-refractivity contribution in [1.82, 2.24) is 0 Å². The largest absolute Gasteiger partial charge is 0.481 e. The number of nitrogens with two attached hydrogens (primary N) is 1. The summed E-state index contributed by atoms with van der Waals surface area (Å²) in [4.78, 5) is 10.9. The summed E-state index contributed by atoms with van der Waals surface area (Å²) in [6, 6.07) is 12.1. The van der Waals surface area contributed by atoms with Gasteiger partial charge in [-0.25, -0.2) is 8.42 Å². The second-order valence-corrected chi connectivity index (χ2v) is 7.89. The van der Waals surface area contributed by atoms with Crippen molar-refractivity contribution in [2.45, 2.75) is 35.6 Å². The topological polar surface area (TPSA) is 133 Å². The first kappa shape index (κ1) is 19.5. The molecule has 0 aliphatic rings. The van der Waals surface area contributed by atoms with Crippen LogP contribution in [0.4, 0.5) is 5.69 Å². The van der Waals surface area contributed by atoms with Crippen LogP contribution in [-0.2, 0) is 14.6 Å². The van der Waals surface area contributed by atoms with Crippen LogP contribution in [0.2, 0.25) is 0 Å². The zero-order valence-corrected chi connectivity index (χ0v) is 15.1. The van der Waals surface area contributed by atoms with Gasteiger partial charge in [0.2, 0.25) is 9.84 Å². The Labute approximate surface area is 152 Å². The van der Waals surface area contributed by atoms with Crippen LogP contribution in [0.5, 0.6) is 0 Å². The van der Waals surface area contributed by atoms with Gasteiger partial charge in [-0.2, -0.15) is 0 Å². The lowest BCUT2D eigenvalue weighted by Crippen LogP contribution is -2.16. The summed E-state index contributed by atoms with van der Waals surface area (Å²) in [5.74, 6) is -0.975. The van der Waals surface area contributed by atoms with Crippen LogP contribution in [-0.4, -0.2) is 31.4 Å². The second kappa shape index (κ2) is 8.01. The molecular weight excluding hydrogens is 354 g/mol. The first-order valence-electron chi connectivity index (χ1n) is 7.98. The molecule has 0 heterocycles. The zero-order chi connectivity index (χ0) is 19.3. The lowest BCUT2D eigenvalue weighted by atomic mass is 10.1. The molecule has 2 rings (SSSR count). The van der Waals surface area contributed by atoms with E-state index in [-0.39, 0.29) is 28.1 Å². The minimum atomic E-state index is -3.66. The van der Waals surface area contributed by atoms with Gasteiger partial charge in [-0.3, -0.25) is 10.2 Å². The van der Waals surface area contributed by atoms with Gasteiger partial charge < -0.3 is 16.2 Å². The summed E-state index contributed by atoms with van der Waals surface area (Å²) in [6.45, 7) is 1.87. The lowest BCUT2D eigenvalue weighted by molar-refractivity contribution is -0.137. The molecule has 2 aromatic rings. The van der Waals surface area contributed by atoms with Crippen LogP contribution in [0.1, 0.15) is 25.3 Å². The highest BCUT2D eigenvalue weighted by molar-refractivity contribution is 7.91. The van der Waals surface area contributed by atoms with Crippen molar-refractivity contribution >= 4 is 27.3 Å². The van der Waals surface area contributed by atoms with Gasteiger partial charge in [0.15, 0.2) is 0 Å². The van der Waals surface area contributed by atoms with Gasteiger partial charge in [-0.1, -0.05) is 0 Å². The van der Waals surface area contributed by atoms with E-state index in [0.29, 0.717) is 17.7 Å². The van der Waals surface area contributed by atoms with Gasteiger partial charge in [0.25, 0.3) is 0 Å². The van der Waals surface area contributed by atoms with Crippen LogP contribution in [0.25, 0.3) is 0 Å². The Bertz CT molecular complexity index is 891. The molecule has 5 N–H and O–H groups in total. The molecule has 0 spiro atoms. The van der Waals surface area contributed by atoms with E-state index in [2.05, 4.69) is 5.32 Å². The molecule has 0 aliphatic heterocycles. The Morgan fingerprint density at radius 3 is 2.08 bits per heavy atom. The maximum absolute atomic E-state index is 12.7. The number of hydrogen-bond acceptors (Lipinski definition) is 5. The quantitative estimate of drug-likeness (QED) is 0.414. The van der Waals surface area contributed by atoms with Gasteiger partial charge in [0, 0.05) is 23.7 Å². The van der Waals surface area contributed by atoms with Gasteiger partial charge in [-0.05, 0) is 61.9 Å². The molecule has 26 heavy (non-hydrogen) atoms. The molecule has 8 heteroatoms. The average Bonchev–Trinajstić information content (AvgIpc) is 2.60. The maximum atomic E-state index is 12.7. The average molecular weight is 375 g/mol. The van der Waals surface area contributed by atoms with Crippen LogP contribution < -0.4 is 11.1 Å². The zero-order valence-electron chi connectivity index (χ0n) is 14.3. The lowest BCUT2D eigenvalue weighted by Gasteiger charge is -2.14. The minimum Gasteiger partial charge on any atom is -0.481 e. The van der Waals surface area contributed by atoms with E-state index in [9.17, 15) is 13.2 Å². The number of anilines is 1. The number of rotatable bonds is 8. The number of carboxylic acids is 1. The molecule has 1 unspecified atom stereocenters. The Kier molecular flexibility index (Phi) is 5.99. The highest BCUT2D eigenvalue weighted by Gasteiger charge is 2.17. The highest BCUT2D eigenvalue weighted by Crippen LogP contribution is 2.23. The van der Waals surface area contributed by atoms with E-state index in [0.717, 1.165) is 0 Å².